The topological polar surface area (TPSA) is 55.1 Å². The molecule has 13 heavy (non-hydrogen) atoms. The molecule has 3 nitrogen and oxygen atoms in total. The molecule has 3 N–H and O–H groups in total. The Bertz CT molecular complexity index is 189. The molecular formula is C7H13F3N2O. The van der Waals surface area contributed by atoms with Gasteiger partial charge in [-0.3, -0.25) is 4.79 Å². The molecule has 0 radical (unpaired) electrons. The highest BCUT2D eigenvalue weighted by Crippen LogP contribution is 2.13. The Morgan fingerprint density at radius 1 is 1.46 bits per heavy atom. The van der Waals surface area contributed by atoms with Gasteiger partial charge in [-0.25, -0.2) is 0 Å². The van der Waals surface area contributed by atoms with E-state index in [1.54, 1.807) is 12.2 Å². The van der Waals surface area contributed by atoms with Crippen LogP contribution in [0.25, 0.3) is 0 Å². The minimum atomic E-state index is -4.39. The van der Waals surface area contributed by atoms with Crippen LogP contribution >= 0.6 is 0 Å². The first-order valence-corrected chi connectivity index (χ1v) is 3.83. The lowest BCUT2D eigenvalue weighted by Crippen LogP contribution is -2.52. The molecule has 0 saturated carbocycles. The first-order valence-electron chi connectivity index (χ1n) is 3.83. The van der Waals surface area contributed by atoms with Gasteiger partial charge in [0.05, 0.1) is 5.54 Å². The van der Waals surface area contributed by atoms with Gasteiger partial charge in [0.1, 0.15) is 6.54 Å². The minimum absolute atomic E-state index is 0.288. The molecule has 0 aromatic carbocycles. The van der Waals surface area contributed by atoms with Crippen molar-refractivity contribution in [1.82, 2.24) is 5.32 Å². The van der Waals surface area contributed by atoms with Gasteiger partial charge >= 0.3 is 6.18 Å². The molecular weight excluding hydrogens is 185 g/mol. The molecule has 0 unspecified atom stereocenters. The van der Waals surface area contributed by atoms with E-state index in [0.29, 0.717) is 0 Å². The summed E-state index contributed by atoms with van der Waals surface area (Å²) in [6.45, 7) is 1.69. The zero-order valence-electron chi connectivity index (χ0n) is 7.53. The zero-order valence-corrected chi connectivity index (χ0v) is 7.53. The Kier molecular flexibility index (Phi) is 3.71. The van der Waals surface area contributed by atoms with Gasteiger partial charge in [-0.1, -0.05) is 6.92 Å². The maximum atomic E-state index is 11.7. The van der Waals surface area contributed by atoms with E-state index < -0.39 is 24.2 Å². The monoisotopic (exact) mass is 198 g/mol. The second-order valence-corrected chi connectivity index (χ2v) is 3.07. The number of nitrogens with one attached hydrogen (secondary N) is 1. The van der Waals surface area contributed by atoms with Crippen molar-refractivity contribution in [2.75, 3.05) is 6.54 Å². The predicted octanol–water partition coefficient (Wildman–Crippen LogP) is 0.792. The largest absolute Gasteiger partial charge is 0.405 e. The van der Waals surface area contributed by atoms with E-state index in [9.17, 15) is 18.0 Å². The van der Waals surface area contributed by atoms with Crippen molar-refractivity contribution < 1.29 is 18.0 Å². The number of nitrogens with two attached hydrogens (primary N) is 1. The number of halogens is 3. The smallest absolute Gasteiger partial charge is 0.345 e. The third-order valence-electron chi connectivity index (χ3n) is 1.70. The average molecular weight is 198 g/mol. The lowest BCUT2D eigenvalue weighted by Gasteiger charge is -2.21. The van der Waals surface area contributed by atoms with Crippen LogP contribution in [0.1, 0.15) is 20.3 Å². The van der Waals surface area contributed by atoms with Crippen molar-refractivity contribution in [3.8, 4) is 0 Å². The van der Waals surface area contributed by atoms with Gasteiger partial charge < -0.3 is 11.1 Å². The molecule has 0 aliphatic carbocycles. The molecule has 0 spiro atoms. The van der Waals surface area contributed by atoms with E-state index in [1.165, 1.54) is 6.92 Å². The first-order chi connectivity index (χ1) is 5.69. The number of hydrogen-bond acceptors (Lipinski definition) is 2. The van der Waals surface area contributed by atoms with E-state index in [1.807, 2.05) is 0 Å². The van der Waals surface area contributed by atoms with E-state index in [2.05, 4.69) is 0 Å². The molecule has 6 heteroatoms. The molecule has 0 aliphatic rings. The van der Waals surface area contributed by atoms with Crippen LogP contribution in [0.4, 0.5) is 13.2 Å². The second kappa shape index (κ2) is 3.95. The quantitative estimate of drug-likeness (QED) is 0.704. The van der Waals surface area contributed by atoms with Gasteiger partial charge in [0.15, 0.2) is 0 Å². The first kappa shape index (κ1) is 12.2. The molecule has 0 bridgehead atoms. The average Bonchev–Trinajstić information content (AvgIpc) is 1.98. The van der Waals surface area contributed by atoms with Gasteiger partial charge in [-0.2, -0.15) is 13.2 Å². The Morgan fingerprint density at radius 3 is 2.23 bits per heavy atom. The van der Waals surface area contributed by atoms with Gasteiger partial charge in [0.2, 0.25) is 5.91 Å². The second-order valence-electron chi connectivity index (χ2n) is 3.07. The number of carbonyl (C=O) groups is 1. The molecule has 0 saturated heterocycles. The van der Waals surface area contributed by atoms with Crippen LogP contribution in [0.5, 0.6) is 0 Å². The zero-order chi connectivity index (χ0) is 10.7. The lowest BCUT2D eigenvalue weighted by molar-refractivity contribution is -0.141. The van der Waals surface area contributed by atoms with E-state index in [-0.39, 0.29) is 6.42 Å². The Hall–Kier alpha value is -0.780. The summed E-state index contributed by atoms with van der Waals surface area (Å²) in [7, 11) is 0. The molecule has 0 fully saturated rings. The number of carbonyl (C=O) groups excluding carboxylic acids is 1. The summed E-state index contributed by atoms with van der Waals surface area (Å²) in [6, 6.07) is 0. The third-order valence-corrected chi connectivity index (χ3v) is 1.70. The fourth-order valence-corrected chi connectivity index (χ4v) is 0.543. The Balaban J connectivity index is 4.03. The van der Waals surface area contributed by atoms with Crippen LogP contribution in [-0.4, -0.2) is 24.2 Å². The number of rotatable bonds is 3. The third kappa shape index (κ3) is 4.72. The normalized spacial score (nSPS) is 16.5. The van der Waals surface area contributed by atoms with Crippen LogP contribution < -0.4 is 11.1 Å². The van der Waals surface area contributed by atoms with Crippen molar-refractivity contribution in [3.05, 3.63) is 0 Å². The molecule has 0 aromatic heterocycles. The maximum Gasteiger partial charge on any atom is 0.405 e. The van der Waals surface area contributed by atoms with Gasteiger partial charge in [0.25, 0.3) is 0 Å². The highest BCUT2D eigenvalue weighted by atomic mass is 19.4. The van der Waals surface area contributed by atoms with Crippen molar-refractivity contribution in [2.45, 2.75) is 32.0 Å². The van der Waals surface area contributed by atoms with E-state index in [0.717, 1.165) is 0 Å². The summed E-state index contributed by atoms with van der Waals surface area (Å²) < 4.78 is 35.0. The van der Waals surface area contributed by atoms with Crippen molar-refractivity contribution >= 4 is 5.91 Å². The summed E-state index contributed by atoms with van der Waals surface area (Å²) in [5, 5.41) is 1.72. The summed E-state index contributed by atoms with van der Waals surface area (Å²) in [5.74, 6) is -0.785. The van der Waals surface area contributed by atoms with Crippen LogP contribution in [-0.2, 0) is 4.79 Å². The molecule has 0 aliphatic heterocycles. The van der Waals surface area contributed by atoms with Crippen LogP contribution in [0, 0.1) is 0 Å². The molecule has 1 atom stereocenters. The fraction of sp³-hybridized carbons (Fsp3) is 0.857. The van der Waals surface area contributed by atoms with Crippen molar-refractivity contribution in [2.24, 2.45) is 5.73 Å². The van der Waals surface area contributed by atoms with Gasteiger partial charge in [-0.15, -0.1) is 0 Å². The predicted molar refractivity (Wildman–Crippen MR) is 41.9 cm³/mol. The van der Waals surface area contributed by atoms with Crippen molar-refractivity contribution in [1.29, 1.82) is 0 Å². The Morgan fingerprint density at radius 2 is 1.92 bits per heavy atom. The standard InChI is InChI=1S/C7H13F3N2O/c1-3-6(2,11)5(13)12-4-7(8,9)10/h3-4,11H2,1-2H3,(H,12,13)/t6-/m1/s1. The molecule has 0 rings (SSSR count). The Labute approximate surface area is 74.5 Å². The highest BCUT2D eigenvalue weighted by molar-refractivity contribution is 5.85. The van der Waals surface area contributed by atoms with Gasteiger partial charge in [0, 0.05) is 0 Å². The van der Waals surface area contributed by atoms with E-state index in [4.69, 9.17) is 5.73 Å². The number of alkyl halides is 3. The highest BCUT2D eigenvalue weighted by Gasteiger charge is 2.32. The SMILES string of the molecule is CC[C@@](C)(N)C(=O)NCC(F)(F)F. The molecule has 78 valence electrons. The van der Waals surface area contributed by atoms with Crippen LogP contribution in [0.15, 0.2) is 0 Å². The summed E-state index contributed by atoms with van der Waals surface area (Å²) >= 11 is 0. The minimum Gasteiger partial charge on any atom is -0.345 e. The molecule has 0 heterocycles. The van der Waals surface area contributed by atoms with Crippen LogP contribution in [0.3, 0.4) is 0 Å². The van der Waals surface area contributed by atoms with Crippen molar-refractivity contribution in [3.63, 3.8) is 0 Å². The molecule has 1 amide bonds. The van der Waals surface area contributed by atoms with E-state index >= 15 is 0 Å². The maximum absolute atomic E-state index is 11.7. The summed E-state index contributed by atoms with van der Waals surface area (Å²) in [5.41, 5.74) is 4.18. The number of hydrogen-bond donors (Lipinski definition) is 2. The fourth-order valence-electron chi connectivity index (χ4n) is 0.543. The van der Waals surface area contributed by atoms with Gasteiger partial charge in [-0.05, 0) is 13.3 Å². The lowest BCUT2D eigenvalue weighted by atomic mass is 10.00. The molecule has 0 aromatic rings. The summed E-state index contributed by atoms with van der Waals surface area (Å²) in [4.78, 5) is 11.0. The summed E-state index contributed by atoms with van der Waals surface area (Å²) in [6.07, 6.45) is -4.10. The van der Waals surface area contributed by atoms with Crippen LogP contribution in [0.2, 0.25) is 0 Å². The number of amides is 1.